The van der Waals surface area contributed by atoms with E-state index >= 15 is 0 Å². The highest BCUT2D eigenvalue weighted by atomic mass is 16.5. The highest BCUT2D eigenvalue weighted by Gasteiger charge is 2.31. The minimum atomic E-state index is 0.177. The topological polar surface area (TPSA) is 38.5 Å². The first-order valence-corrected chi connectivity index (χ1v) is 8.18. The van der Waals surface area contributed by atoms with Crippen LogP contribution >= 0.6 is 0 Å². The Morgan fingerprint density at radius 1 is 1.19 bits per heavy atom. The predicted molar refractivity (Wildman–Crippen MR) is 88.5 cm³/mol. The first kappa shape index (κ1) is 16.3. The summed E-state index contributed by atoms with van der Waals surface area (Å²) >= 11 is 0. The SMILES string of the molecule is CCC(N)C(c1ccc(OC)cc1)N1CC(C)CC(C)C1. The van der Waals surface area contributed by atoms with Gasteiger partial charge in [-0.3, -0.25) is 4.90 Å². The van der Waals surface area contributed by atoms with Gasteiger partial charge in [-0.2, -0.15) is 0 Å². The van der Waals surface area contributed by atoms with Crippen molar-refractivity contribution >= 4 is 0 Å². The van der Waals surface area contributed by atoms with Crippen LogP contribution in [-0.2, 0) is 0 Å². The highest BCUT2D eigenvalue weighted by molar-refractivity contribution is 5.30. The van der Waals surface area contributed by atoms with Gasteiger partial charge in [-0.05, 0) is 42.4 Å². The summed E-state index contributed by atoms with van der Waals surface area (Å²) in [6, 6.07) is 8.91. The molecule has 1 fully saturated rings. The van der Waals surface area contributed by atoms with Gasteiger partial charge in [0.15, 0.2) is 0 Å². The second kappa shape index (κ2) is 7.28. The van der Waals surface area contributed by atoms with E-state index in [1.807, 2.05) is 12.1 Å². The van der Waals surface area contributed by atoms with Crippen LogP contribution in [0.1, 0.15) is 45.2 Å². The first-order valence-electron chi connectivity index (χ1n) is 8.18. The van der Waals surface area contributed by atoms with Crippen molar-refractivity contribution in [3.8, 4) is 5.75 Å². The van der Waals surface area contributed by atoms with Crippen LogP contribution in [0.4, 0.5) is 0 Å². The van der Waals surface area contributed by atoms with Crippen LogP contribution < -0.4 is 10.5 Å². The zero-order valence-electron chi connectivity index (χ0n) is 13.9. The fourth-order valence-corrected chi connectivity index (χ4v) is 3.69. The van der Waals surface area contributed by atoms with Gasteiger partial charge < -0.3 is 10.5 Å². The van der Waals surface area contributed by atoms with Crippen LogP contribution in [-0.4, -0.2) is 31.1 Å². The molecule has 1 aliphatic rings. The van der Waals surface area contributed by atoms with E-state index in [1.54, 1.807) is 7.11 Å². The molecule has 0 saturated carbocycles. The maximum Gasteiger partial charge on any atom is 0.118 e. The lowest BCUT2D eigenvalue weighted by Gasteiger charge is -2.42. The van der Waals surface area contributed by atoms with Crippen molar-refractivity contribution in [1.29, 1.82) is 0 Å². The second-order valence-corrected chi connectivity index (χ2v) is 6.69. The van der Waals surface area contributed by atoms with E-state index in [2.05, 4.69) is 37.8 Å². The molecule has 21 heavy (non-hydrogen) atoms. The van der Waals surface area contributed by atoms with Crippen LogP contribution in [0.25, 0.3) is 0 Å². The van der Waals surface area contributed by atoms with Crippen molar-refractivity contribution in [2.24, 2.45) is 17.6 Å². The number of piperidine rings is 1. The molecule has 4 atom stereocenters. The molecule has 0 bridgehead atoms. The number of rotatable bonds is 5. The van der Waals surface area contributed by atoms with E-state index in [-0.39, 0.29) is 6.04 Å². The summed E-state index contributed by atoms with van der Waals surface area (Å²) in [6.07, 6.45) is 2.32. The van der Waals surface area contributed by atoms with E-state index < -0.39 is 0 Å². The minimum absolute atomic E-state index is 0.177. The number of hydrogen-bond acceptors (Lipinski definition) is 3. The molecule has 0 aliphatic carbocycles. The van der Waals surface area contributed by atoms with Crippen molar-refractivity contribution in [3.05, 3.63) is 29.8 Å². The lowest BCUT2D eigenvalue weighted by Crippen LogP contribution is -2.47. The molecule has 0 amide bonds. The first-order chi connectivity index (χ1) is 10.0. The van der Waals surface area contributed by atoms with Crippen molar-refractivity contribution < 1.29 is 4.74 Å². The van der Waals surface area contributed by atoms with Crippen molar-refractivity contribution in [3.63, 3.8) is 0 Å². The zero-order chi connectivity index (χ0) is 15.4. The number of benzene rings is 1. The number of nitrogens with two attached hydrogens (primary N) is 1. The molecule has 0 aromatic heterocycles. The summed E-state index contributed by atoms with van der Waals surface area (Å²) in [6.45, 7) is 9.18. The van der Waals surface area contributed by atoms with E-state index in [1.165, 1.54) is 12.0 Å². The van der Waals surface area contributed by atoms with Crippen LogP contribution in [0, 0.1) is 11.8 Å². The lowest BCUT2D eigenvalue weighted by molar-refractivity contribution is 0.0810. The Hall–Kier alpha value is -1.06. The van der Waals surface area contributed by atoms with Crippen molar-refractivity contribution in [1.82, 2.24) is 4.90 Å². The van der Waals surface area contributed by atoms with Gasteiger partial charge >= 0.3 is 0 Å². The monoisotopic (exact) mass is 290 g/mol. The molecule has 1 aromatic carbocycles. The largest absolute Gasteiger partial charge is 0.497 e. The highest BCUT2D eigenvalue weighted by Crippen LogP contribution is 2.32. The van der Waals surface area contributed by atoms with Crippen LogP contribution in [0.15, 0.2) is 24.3 Å². The van der Waals surface area contributed by atoms with E-state index in [0.717, 1.165) is 37.1 Å². The van der Waals surface area contributed by atoms with Gasteiger partial charge in [-0.25, -0.2) is 0 Å². The van der Waals surface area contributed by atoms with E-state index in [0.29, 0.717) is 6.04 Å². The molecule has 0 radical (unpaired) electrons. The maximum absolute atomic E-state index is 6.47. The molecule has 118 valence electrons. The average molecular weight is 290 g/mol. The van der Waals surface area contributed by atoms with Gasteiger partial charge in [0.2, 0.25) is 0 Å². The molecular weight excluding hydrogens is 260 g/mol. The molecule has 1 saturated heterocycles. The summed E-state index contributed by atoms with van der Waals surface area (Å²) in [7, 11) is 1.71. The van der Waals surface area contributed by atoms with Gasteiger partial charge in [0.05, 0.1) is 7.11 Å². The standard InChI is InChI=1S/C18H30N2O/c1-5-17(19)18(15-6-8-16(21-4)9-7-15)20-11-13(2)10-14(3)12-20/h6-9,13-14,17-18H,5,10-12,19H2,1-4H3. The number of hydrogen-bond donors (Lipinski definition) is 1. The minimum Gasteiger partial charge on any atom is -0.497 e. The summed E-state index contributed by atoms with van der Waals surface area (Å²) in [5, 5.41) is 0. The Labute approximate surface area is 129 Å². The molecule has 2 N–H and O–H groups in total. The molecule has 0 spiro atoms. The van der Waals surface area contributed by atoms with Gasteiger partial charge in [0.25, 0.3) is 0 Å². The average Bonchev–Trinajstić information content (AvgIpc) is 2.47. The van der Waals surface area contributed by atoms with Crippen LogP contribution in [0.2, 0.25) is 0 Å². The fraction of sp³-hybridized carbons (Fsp3) is 0.667. The van der Waals surface area contributed by atoms with Crippen LogP contribution in [0.3, 0.4) is 0 Å². The van der Waals surface area contributed by atoms with Gasteiger partial charge in [0, 0.05) is 25.2 Å². The van der Waals surface area contributed by atoms with Crippen molar-refractivity contribution in [2.45, 2.75) is 45.7 Å². The Balaban J connectivity index is 2.24. The molecule has 1 heterocycles. The molecule has 1 aliphatic heterocycles. The molecule has 2 rings (SSSR count). The fourth-order valence-electron chi connectivity index (χ4n) is 3.69. The molecular formula is C18H30N2O. The summed E-state index contributed by atoms with van der Waals surface area (Å²) < 4.78 is 5.27. The van der Waals surface area contributed by atoms with Gasteiger partial charge in [-0.1, -0.05) is 32.9 Å². The Kier molecular flexibility index (Phi) is 5.65. The quantitative estimate of drug-likeness (QED) is 0.902. The lowest BCUT2D eigenvalue weighted by atomic mass is 9.87. The number of methoxy groups -OCH3 is 1. The Morgan fingerprint density at radius 2 is 1.76 bits per heavy atom. The van der Waals surface area contributed by atoms with E-state index in [9.17, 15) is 0 Å². The van der Waals surface area contributed by atoms with Crippen LogP contribution in [0.5, 0.6) is 5.75 Å². The van der Waals surface area contributed by atoms with Gasteiger partial charge in [-0.15, -0.1) is 0 Å². The number of nitrogens with zero attached hydrogens (tertiary/aromatic N) is 1. The molecule has 3 heteroatoms. The maximum atomic E-state index is 6.47. The van der Waals surface area contributed by atoms with Crippen molar-refractivity contribution in [2.75, 3.05) is 20.2 Å². The summed E-state index contributed by atoms with van der Waals surface area (Å²) in [5.41, 5.74) is 7.78. The van der Waals surface area contributed by atoms with E-state index in [4.69, 9.17) is 10.5 Å². The second-order valence-electron chi connectivity index (χ2n) is 6.69. The third-order valence-electron chi connectivity index (χ3n) is 4.62. The molecule has 1 aromatic rings. The third-order valence-corrected chi connectivity index (χ3v) is 4.62. The molecule has 4 unspecified atom stereocenters. The number of likely N-dealkylation sites (tertiary alicyclic amines) is 1. The smallest absolute Gasteiger partial charge is 0.118 e. The third kappa shape index (κ3) is 3.98. The summed E-state index contributed by atoms with van der Waals surface area (Å²) in [5.74, 6) is 2.40. The summed E-state index contributed by atoms with van der Waals surface area (Å²) in [4.78, 5) is 2.59. The zero-order valence-corrected chi connectivity index (χ0v) is 13.9. The Bertz CT molecular complexity index is 421. The number of ether oxygens (including phenoxy) is 1. The predicted octanol–water partition coefficient (Wildman–Crippen LogP) is 3.45. The Morgan fingerprint density at radius 3 is 2.24 bits per heavy atom. The molecule has 3 nitrogen and oxygen atoms in total. The normalized spacial score (nSPS) is 26.3. The van der Waals surface area contributed by atoms with Gasteiger partial charge in [0.1, 0.15) is 5.75 Å².